The first-order chi connectivity index (χ1) is 9.90. The summed E-state index contributed by atoms with van der Waals surface area (Å²) >= 11 is 0. The molecule has 0 fully saturated rings. The molecule has 6 heteroatoms. The van der Waals surface area contributed by atoms with Crippen molar-refractivity contribution in [1.82, 2.24) is 4.98 Å². The lowest BCUT2D eigenvalue weighted by atomic mass is 10.1. The number of carbonyl (C=O) groups excluding carboxylic acids is 1. The molecule has 110 valence electrons. The van der Waals surface area contributed by atoms with Crippen molar-refractivity contribution < 1.29 is 14.5 Å². The van der Waals surface area contributed by atoms with E-state index in [-0.39, 0.29) is 18.1 Å². The molecule has 0 aliphatic carbocycles. The quantitative estimate of drug-likeness (QED) is 0.520. The lowest BCUT2D eigenvalue weighted by Gasteiger charge is -2.08. The fourth-order valence-electron chi connectivity index (χ4n) is 2.19. The summed E-state index contributed by atoms with van der Waals surface area (Å²) in [6, 6.07) is 6.33. The molecule has 1 aromatic carbocycles. The van der Waals surface area contributed by atoms with Gasteiger partial charge in [-0.1, -0.05) is 6.07 Å². The number of hydrogen-bond donors (Lipinski definition) is 1. The summed E-state index contributed by atoms with van der Waals surface area (Å²) in [5.41, 5.74) is 2.67. The highest BCUT2D eigenvalue weighted by molar-refractivity contribution is 5.98. The van der Waals surface area contributed by atoms with Gasteiger partial charge < -0.3 is 9.72 Å². The van der Waals surface area contributed by atoms with E-state index in [9.17, 15) is 14.9 Å². The van der Waals surface area contributed by atoms with E-state index in [4.69, 9.17) is 4.74 Å². The third kappa shape index (κ3) is 3.10. The van der Waals surface area contributed by atoms with Crippen molar-refractivity contribution in [1.29, 1.82) is 0 Å². The van der Waals surface area contributed by atoms with Crippen molar-refractivity contribution in [3.8, 4) is 5.75 Å². The number of nitrogens with zero attached hydrogens (tertiary/aromatic N) is 1. The SMILES string of the molecule is Cc1cc(C(=O)COc2cccc([N+](=O)[O-])c2C)c(C)[nH]1. The lowest BCUT2D eigenvalue weighted by molar-refractivity contribution is -0.385. The Hall–Kier alpha value is -2.63. The van der Waals surface area contributed by atoms with Gasteiger partial charge in [0.05, 0.1) is 10.5 Å². The van der Waals surface area contributed by atoms with Gasteiger partial charge in [-0.05, 0) is 32.9 Å². The summed E-state index contributed by atoms with van der Waals surface area (Å²) in [5.74, 6) is 0.185. The summed E-state index contributed by atoms with van der Waals surface area (Å²) in [4.78, 5) is 25.6. The van der Waals surface area contributed by atoms with Gasteiger partial charge in [0.1, 0.15) is 5.75 Å². The van der Waals surface area contributed by atoms with Crippen LogP contribution in [-0.2, 0) is 0 Å². The highest BCUT2D eigenvalue weighted by Gasteiger charge is 2.16. The maximum atomic E-state index is 12.1. The first-order valence-corrected chi connectivity index (χ1v) is 6.46. The summed E-state index contributed by atoms with van der Waals surface area (Å²) in [7, 11) is 0. The number of nitrogens with one attached hydrogen (secondary N) is 1. The summed E-state index contributed by atoms with van der Waals surface area (Å²) < 4.78 is 5.44. The highest BCUT2D eigenvalue weighted by atomic mass is 16.6. The van der Waals surface area contributed by atoms with E-state index < -0.39 is 4.92 Å². The van der Waals surface area contributed by atoms with Gasteiger partial charge in [0.2, 0.25) is 5.78 Å². The highest BCUT2D eigenvalue weighted by Crippen LogP contribution is 2.27. The third-order valence-corrected chi connectivity index (χ3v) is 3.26. The average molecular weight is 288 g/mol. The van der Waals surface area contributed by atoms with Crippen molar-refractivity contribution in [2.75, 3.05) is 6.61 Å². The molecule has 0 unspecified atom stereocenters. The second-order valence-electron chi connectivity index (χ2n) is 4.86. The molecule has 0 saturated carbocycles. The molecule has 2 aromatic rings. The van der Waals surface area contributed by atoms with E-state index in [0.717, 1.165) is 11.4 Å². The van der Waals surface area contributed by atoms with Crippen LogP contribution >= 0.6 is 0 Å². The lowest BCUT2D eigenvalue weighted by Crippen LogP contribution is -2.12. The zero-order chi connectivity index (χ0) is 15.6. The van der Waals surface area contributed by atoms with Crippen LogP contribution in [0.4, 0.5) is 5.69 Å². The van der Waals surface area contributed by atoms with E-state index in [1.165, 1.54) is 12.1 Å². The number of ketones is 1. The van der Waals surface area contributed by atoms with Crippen LogP contribution in [0.3, 0.4) is 0 Å². The molecule has 0 bridgehead atoms. The number of benzene rings is 1. The van der Waals surface area contributed by atoms with Gasteiger partial charge in [-0.3, -0.25) is 14.9 Å². The fraction of sp³-hybridized carbons (Fsp3) is 0.267. The number of nitro benzene ring substituents is 1. The summed E-state index contributed by atoms with van der Waals surface area (Å²) in [6.07, 6.45) is 0. The first kappa shape index (κ1) is 14.8. The number of hydrogen-bond acceptors (Lipinski definition) is 4. The Morgan fingerprint density at radius 2 is 2.05 bits per heavy atom. The molecule has 21 heavy (non-hydrogen) atoms. The van der Waals surface area contributed by atoms with E-state index in [2.05, 4.69) is 4.98 Å². The number of carbonyl (C=O) groups is 1. The summed E-state index contributed by atoms with van der Waals surface area (Å²) in [5, 5.41) is 10.9. The van der Waals surface area contributed by atoms with Crippen molar-refractivity contribution in [3.05, 3.63) is 56.9 Å². The molecule has 0 aliphatic heterocycles. The van der Waals surface area contributed by atoms with Crippen LogP contribution < -0.4 is 4.74 Å². The van der Waals surface area contributed by atoms with Crippen LogP contribution in [0.15, 0.2) is 24.3 Å². The van der Waals surface area contributed by atoms with E-state index in [0.29, 0.717) is 16.9 Å². The van der Waals surface area contributed by atoms with Crippen LogP contribution in [0.25, 0.3) is 0 Å². The number of aryl methyl sites for hydroxylation is 2. The normalized spacial score (nSPS) is 10.4. The Morgan fingerprint density at radius 3 is 2.62 bits per heavy atom. The maximum Gasteiger partial charge on any atom is 0.276 e. The van der Waals surface area contributed by atoms with Crippen molar-refractivity contribution in [2.24, 2.45) is 0 Å². The van der Waals surface area contributed by atoms with Gasteiger partial charge in [0, 0.05) is 23.0 Å². The van der Waals surface area contributed by atoms with Crippen molar-refractivity contribution >= 4 is 11.5 Å². The van der Waals surface area contributed by atoms with Crippen LogP contribution in [0.5, 0.6) is 5.75 Å². The topological polar surface area (TPSA) is 85.2 Å². The zero-order valence-corrected chi connectivity index (χ0v) is 12.1. The number of H-pyrrole nitrogens is 1. The van der Waals surface area contributed by atoms with Gasteiger partial charge in [-0.15, -0.1) is 0 Å². The minimum Gasteiger partial charge on any atom is -0.485 e. The Labute approximate surface area is 121 Å². The molecule has 2 rings (SSSR count). The number of nitro groups is 1. The molecule has 1 heterocycles. The molecule has 0 radical (unpaired) electrons. The van der Waals surface area contributed by atoms with Gasteiger partial charge in [-0.25, -0.2) is 0 Å². The van der Waals surface area contributed by atoms with Crippen LogP contribution in [0.2, 0.25) is 0 Å². The van der Waals surface area contributed by atoms with Crippen LogP contribution in [0, 0.1) is 30.9 Å². The molecule has 0 spiro atoms. The second-order valence-corrected chi connectivity index (χ2v) is 4.86. The molecule has 1 aromatic heterocycles. The molecule has 0 saturated heterocycles. The molecule has 6 nitrogen and oxygen atoms in total. The first-order valence-electron chi connectivity index (χ1n) is 6.46. The Morgan fingerprint density at radius 1 is 1.33 bits per heavy atom. The van der Waals surface area contributed by atoms with Crippen LogP contribution in [0.1, 0.15) is 27.3 Å². The largest absolute Gasteiger partial charge is 0.485 e. The van der Waals surface area contributed by atoms with E-state index in [1.807, 2.05) is 13.8 Å². The second kappa shape index (κ2) is 5.78. The van der Waals surface area contributed by atoms with E-state index >= 15 is 0 Å². The monoisotopic (exact) mass is 288 g/mol. The fourth-order valence-corrected chi connectivity index (χ4v) is 2.19. The maximum absolute atomic E-state index is 12.1. The predicted octanol–water partition coefficient (Wildman–Crippen LogP) is 3.11. The van der Waals surface area contributed by atoms with Gasteiger partial charge in [-0.2, -0.15) is 0 Å². The third-order valence-electron chi connectivity index (χ3n) is 3.26. The summed E-state index contributed by atoms with van der Waals surface area (Å²) in [6.45, 7) is 5.14. The number of Topliss-reactive ketones (excluding diaryl/α,β-unsaturated/α-hetero) is 1. The van der Waals surface area contributed by atoms with E-state index in [1.54, 1.807) is 19.1 Å². The average Bonchev–Trinajstić information content (AvgIpc) is 2.76. The molecule has 0 amide bonds. The minimum absolute atomic E-state index is 0.0198. The zero-order valence-electron chi connectivity index (χ0n) is 12.1. The van der Waals surface area contributed by atoms with Crippen molar-refractivity contribution in [3.63, 3.8) is 0 Å². The standard InChI is InChI=1S/C15H16N2O4/c1-9-7-12(11(3)16-9)14(18)8-21-15-6-4-5-13(10(15)2)17(19)20/h4-7,16H,8H2,1-3H3. The van der Waals surface area contributed by atoms with Gasteiger partial charge in [0.15, 0.2) is 6.61 Å². The Bertz CT molecular complexity index is 704. The molecular weight excluding hydrogens is 272 g/mol. The number of ether oxygens (including phenoxy) is 1. The smallest absolute Gasteiger partial charge is 0.276 e. The number of rotatable bonds is 5. The molecule has 0 aliphatic rings. The molecule has 0 atom stereocenters. The Kier molecular flexibility index (Phi) is 4.07. The number of aromatic amines is 1. The van der Waals surface area contributed by atoms with Crippen molar-refractivity contribution in [2.45, 2.75) is 20.8 Å². The van der Waals surface area contributed by atoms with Gasteiger partial charge >= 0.3 is 0 Å². The number of aromatic nitrogens is 1. The Balaban J connectivity index is 2.13. The minimum atomic E-state index is -0.469. The molecular formula is C15H16N2O4. The van der Waals surface area contributed by atoms with Gasteiger partial charge in [0.25, 0.3) is 5.69 Å². The molecule has 1 N–H and O–H groups in total. The van der Waals surface area contributed by atoms with Crippen LogP contribution in [-0.4, -0.2) is 22.3 Å². The predicted molar refractivity (Wildman–Crippen MR) is 77.9 cm³/mol.